The third kappa shape index (κ3) is 3.12. The second-order valence-electron chi connectivity index (χ2n) is 6.50. The van der Waals surface area contributed by atoms with E-state index >= 15 is 0 Å². The van der Waals surface area contributed by atoms with E-state index in [-0.39, 0.29) is 0 Å². The summed E-state index contributed by atoms with van der Waals surface area (Å²) >= 11 is 4.65. The molecular weight excluding hydrogens is 258 g/mol. The fourth-order valence-electron chi connectivity index (χ4n) is 3.97. The Morgan fingerprint density at radius 2 is 1.89 bits per heavy atom. The SMILES string of the molecule is SCC1(CN2CCOC3CCCCC32)CCOCC1. The number of nitrogens with zero attached hydrogens (tertiary/aromatic N) is 1. The molecule has 2 atom stereocenters. The lowest BCUT2D eigenvalue weighted by Gasteiger charge is -2.48. The number of ether oxygens (including phenoxy) is 2. The zero-order chi connectivity index (χ0) is 13.1. The van der Waals surface area contributed by atoms with E-state index in [2.05, 4.69) is 17.5 Å². The summed E-state index contributed by atoms with van der Waals surface area (Å²) in [5.41, 5.74) is 0.376. The summed E-state index contributed by atoms with van der Waals surface area (Å²) in [5, 5.41) is 0. The highest BCUT2D eigenvalue weighted by atomic mass is 32.1. The van der Waals surface area contributed by atoms with Crippen LogP contribution in [0.5, 0.6) is 0 Å². The molecule has 1 saturated carbocycles. The number of thiol groups is 1. The van der Waals surface area contributed by atoms with Crippen molar-refractivity contribution < 1.29 is 9.47 Å². The van der Waals surface area contributed by atoms with Crippen molar-refractivity contribution >= 4 is 12.6 Å². The smallest absolute Gasteiger partial charge is 0.0730 e. The Hall–Kier alpha value is 0.230. The minimum atomic E-state index is 0.376. The van der Waals surface area contributed by atoms with E-state index in [0.717, 1.165) is 32.1 Å². The van der Waals surface area contributed by atoms with Gasteiger partial charge in [0.2, 0.25) is 0 Å². The normalized spacial score (nSPS) is 35.8. The van der Waals surface area contributed by atoms with Gasteiger partial charge in [0.1, 0.15) is 0 Å². The maximum Gasteiger partial charge on any atom is 0.0730 e. The molecule has 19 heavy (non-hydrogen) atoms. The van der Waals surface area contributed by atoms with Crippen molar-refractivity contribution in [2.45, 2.75) is 50.7 Å². The summed E-state index contributed by atoms with van der Waals surface area (Å²) in [5.74, 6) is 0.991. The Morgan fingerprint density at radius 3 is 2.68 bits per heavy atom. The molecule has 3 aliphatic rings. The van der Waals surface area contributed by atoms with Crippen LogP contribution in [0.1, 0.15) is 38.5 Å². The van der Waals surface area contributed by atoms with Crippen molar-refractivity contribution in [2.24, 2.45) is 5.41 Å². The largest absolute Gasteiger partial charge is 0.381 e. The fourth-order valence-corrected chi connectivity index (χ4v) is 4.39. The lowest BCUT2D eigenvalue weighted by atomic mass is 9.80. The molecule has 0 N–H and O–H groups in total. The molecule has 0 spiro atoms. The highest BCUT2D eigenvalue weighted by molar-refractivity contribution is 7.80. The molecule has 3 nitrogen and oxygen atoms in total. The van der Waals surface area contributed by atoms with E-state index in [4.69, 9.17) is 9.47 Å². The lowest BCUT2D eigenvalue weighted by molar-refractivity contribution is -0.105. The summed E-state index contributed by atoms with van der Waals surface area (Å²) in [4.78, 5) is 2.72. The number of rotatable bonds is 3. The standard InChI is InChI=1S/C15H27NO2S/c19-12-15(5-8-17-9-6-15)11-16-7-10-18-14-4-2-1-3-13(14)16/h13-14,19H,1-12H2. The second kappa shape index (κ2) is 6.33. The maximum atomic E-state index is 5.98. The van der Waals surface area contributed by atoms with Crippen LogP contribution in [0.4, 0.5) is 0 Å². The van der Waals surface area contributed by atoms with Gasteiger partial charge in [-0.1, -0.05) is 12.8 Å². The predicted molar refractivity (Wildman–Crippen MR) is 79.9 cm³/mol. The van der Waals surface area contributed by atoms with E-state index in [1.54, 1.807) is 0 Å². The molecule has 2 saturated heterocycles. The summed E-state index contributed by atoms with van der Waals surface area (Å²) in [6, 6.07) is 0.669. The van der Waals surface area contributed by atoms with Crippen LogP contribution in [-0.4, -0.2) is 55.7 Å². The first-order valence-corrected chi connectivity index (χ1v) is 8.51. The van der Waals surface area contributed by atoms with Gasteiger partial charge in [-0.15, -0.1) is 0 Å². The van der Waals surface area contributed by atoms with Crippen LogP contribution in [0, 0.1) is 5.41 Å². The molecule has 2 unspecified atom stereocenters. The minimum Gasteiger partial charge on any atom is -0.381 e. The Bertz CT molecular complexity index is 292. The van der Waals surface area contributed by atoms with Gasteiger partial charge in [0.05, 0.1) is 12.7 Å². The van der Waals surface area contributed by atoms with Gasteiger partial charge < -0.3 is 9.47 Å². The van der Waals surface area contributed by atoms with Crippen LogP contribution in [0.2, 0.25) is 0 Å². The molecule has 0 amide bonds. The van der Waals surface area contributed by atoms with Crippen molar-refractivity contribution in [1.82, 2.24) is 4.90 Å². The van der Waals surface area contributed by atoms with Gasteiger partial charge in [0.15, 0.2) is 0 Å². The van der Waals surface area contributed by atoms with Crippen LogP contribution < -0.4 is 0 Å². The van der Waals surface area contributed by atoms with E-state index in [9.17, 15) is 0 Å². The Labute approximate surface area is 122 Å². The Morgan fingerprint density at radius 1 is 1.11 bits per heavy atom. The molecule has 110 valence electrons. The van der Waals surface area contributed by atoms with Crippen LogP contribution in [0.25, 0.3) is 0 Å². The van der Waals surface area contributed by atoms with Crippen LogP contribution in [0.15, 0.2) is 0 Å². The lowest BCUT2D eigenvalue weighted by Crippen LogP contribution is -2.56. The number of fused-ring (bicyclic) bond motifs is 1. The van der Waals surface area contributed by atoms with E-state index in [1.165, 1.54) is 45.1 Å². The zero-order valence-electron chi connectivity index (χ0n) is 11.9. The van der Waals surface area contributed by atoms with Gasteiger partial charge in [-0.2, -0.15) is 12.6 Å². The van der Waals surface area contributed by atoms with Gasteiger partial charge >= 0.3 is 0 Å². The van der Waals surface area contributed by atoms with E-state index in [0.29, 0.717) is 17.6 Å². The second-order valence-corrected chi connectivity index (χ2v) is 6.82. The average Bonchev–Trinajstić information content (AvgIpc) is 2.49. The summed E-state index contributed by atoms with van der Waals surface area (Å²) in [6.45, 7) is 5.06. The van der Waals surface area contributed by atoms with Crippen LogP contribution in [-0.2, 0) is 9.47 Å². The molecule has 1 aliphatic carbocycles. The molecular formula is C15H27NO2S. The monoisotopic (exact) mass is 285 g/mol. The van der Waals surface area contributed by atoms with Crippen LogP contribution >= 0.6 is 12.6 Å². The molecule has 0 aromatic carbocycles. The highest BCUT2D eigenvalue weighted by Crippen LogP contribution is 2.36. The number of hydrogen-bond acceptors (Lipinski definition) is 4. The van der Waals surface area contributed by atoms with Gasteiger partial charge in [-0.25, -0.2) is 0 Å². The Kier molecular flexibility index (Phi) is 4.73. The molecule has 3 fully saturated rings. The molecule has 0 aromatic rings. The Balaban J connectivity index is 1.66. The van der Waals surface area contributed by atoms with Crippen molar-refractivity contribution in [2.75, 3.05) is 38.7 Å². The molecule has 0 bridgehead atoms. The van der Waals surface area contributed by atoms with Crippen molar-refractivity contribution in [1.29, 1.82) is 0 Å². The van der Waals surface area contributed by atoms with Crippen LogP contribution in [0.3, 0.4) is 0 Å². The molecule has 3 rings (SSSR count). The van der Waals surface area contributed by atoms with Gasteiger partial charge in [-0.3, -0.25) is 4.90 Å². The quantitative estimate of drug-likeness (QED) is 0.805. The summed E-state index contributed by atoms with van der Waals surface area (Å²) in [6.07, 6.45) is 8.15. The number of morpholine rings is 1. The van der Waals surface area contributed by atoms with Gasteiger partial charge in [0.25, 0.3) is 0 Å². The third-order valence-corrected chi connectivity index (χ3v) is 5.95. The molecule has 0 aromatic heterocycles. The summed E-state index contributed by atoms with van der Waals surface area (Å²) in [7, 11) is 0. The first kappa shape index (κ1) is 14.2. The van der Waals surface area contributed by atoms with Gasteiger partial charge in [0, 0.05) is 32.3 Å². The minimum absolute atomic E-state index is 0.376. The maximum absolute atomic E-state index is 5.98. The van der Waals surface area contributed by atoms with E-state index in [1.807, 2.05) is 0 Å². The summed E-state index contributed by atoms with van der Waals surface area (Å²) < 4.78 is 11.5. The highest BCUT2D eigenvalue weighted by Gasteiger charge is 2.39. The van der Waals surface area contributed by atoms with Crippen molar-refractivity contribution in [3.05, 3.63) is 0 Å². The predicted octanol–water partition coefficient (Wildman–Crippen LogP) is 2.36. The topological polar surface area (TPSA) is 21.7 Å². The average molecular weight is 285 g/mol. The molecule has 2 aliphatic heterocycles. The zero-order valence-corrected chi connectivity index (χ0v) is 12.7. The first-order chi connectivity index (χ1) is 9.33. The molecule has 0 radical (unpaired) electrons. The van der Waals surface area contributed by atoms with Crippen molar-refractivity contribution in [3.63, 3.8) is 0 Å². The first-order valence-electron chi connectivity index (χ1n) is 7.87. The molecule has 4 heteroatoms. The number of hydrogen-bond donors (Lipinski definition) is 1. The molecule has 2 heterocycles. The third-order valence-electron chi connectivity index (χ3n) is 5.27. The fraction of sp³-hybridized carbons (Fsp3) is 1.00. The van der Waals surface area contributed by atoms with Crippen molar-refractivity contribution in [3.8, 4) is 0 Å². The van der Waals surface area contributed by atoms with E-state index < -0.39 is 0 Å². The van der Waals surface area contributed by atoms with Gasteiger partial charge in [-0.05, 0) is 36.9 Å².